The second kappa shape index (κ2) is 48.6. The van der Waals surface area contributed by atoms with Gasteiger partial charge in [0.25, 0.3) is 0 Å². The Balaban J connectivity index is -0.000000518. The van der Waals surface area contributed by atoms with Crippen molar-refractivity contribution in [3.63, 3.8) is 0 Å². The van der Waals surface area contributed by atoms with Crippen molar-refractivity contribution in [2.24, 2.45) is 0 Å². The summed E-state index contributed by atoms with van der Waals surface area (Å²) in [5.41, 5.74) is 5.85. The first kappa shape index (κ1) is 82.6. The molecule has 16 nitrogen and oxygen atoms in total. The molecule has 0 aliphatic heterocycles. The predicted molar refractivity (Wildman–Crippen MR) is 293 cm³/mol. The van der Waals surface area contributed by atoms with Crippen LogP contribution in [0.15, 0.2) is 146 Å². The Morgan fingerprint density at radius 2 is 0.474 bits per heavy atom. The van der Waals surface area contributed by atoms with Crippen LogP contribution in [0.1, 0.15) is 0 Å². The van der Waals surface area contributed by atoms with Gasteiger partial charge in [-0.3, -0.25) is 0 Å². The molecule has 392 valence electrons. The van der Waals surface area contributed by atoms with E-state index in [9.17, 15) is 0 Å². The first-order valence-corrected chi connectivity index (χ1v) is 30.1. The van der Waals surface area contributed by atoms with Gasteiger partial charge in [0.05, 0.1) is 56.4 Å². The molecule has 12 N–H and O–H groups in total. The number of para-hydroxylation sites is 6. The van der Waals surface area contributed by atoms with Crippen LogP contribution in [-0.2, 0) is 0 Å². The number of rotatable bonds is 24. The maximum absolute atomic E-state index is 5.52. The van der Waals surface area contributed by atoms with E-state index in [1.54, 1.807) is 42.7 Å². The molecule has 0 aliphatic rings. The van der Waals surface area contributed by atoms with E-state index in [-0.39, 0.29) is 113 Å². The number of likely N-dealkylation sites (N-methyl/N-ethyl adjacent to an activating group) is 4. The molecule has 0 unspecified atom stereocenters. The summed E-state index contributed by atoms with van der Waals surface area (Å²) in [6.45, 7) is 5.06. The largest absolute Gasteiger partial charge is 1.00 e. The Labute approximate surface area is 550 Å². The molecule has 0 spiro atoms. The average Bonchev–Trinajstić information content (AvgIpc) is 3.39. The quantitative estimate of drug-likeness (QED) is 0.0222. The van der Waals surface area contributed by atoms with Gasteiger partial charge < -0.3 is 19.6 Å². The van der Waals surface area contributed by atoms with Crippen molar-refractivity contribution in [2.75, 3.05) is 125 Å². The first-order valence-electron chi connectivity index (χ1n) is 24.1. The molecule has 6 rings (SSSR count). The molecular formula is C54H86As2Li6N10O6+12. The topological polar surface area (TPSA) is 168 Å². The number of nitrogens with one attached hydrogen (secondary N) is 4. The smallest absolute Gasteiger partial charge is 0.335 e. The summed E-state index contributed by atoms with van der Waals surface area (Å²) >= 11 is -3.98. The first-order chi connectivity index (χ1) is 34.7. The molecule has 0 saturated carbocycles. The van der Waals surface area contributed by atoms with E-state index in [4.69, 9.17) is 36.9 Å². The normalized spacial score (nSPS) is 9.90. The van der Waals surface area contributed by atoms with Crippen molar-refractivity contribution in [1.29, 1.82) is 0 Å². The molecule has 0 fully saturated rings. The average molecular weight is 1160 g/mol. The fourth-order valence-corrected chi connectivity index (χ4v) is 13.2. The fourth-order valence-electron chi connectivity index (χ4n) is 6.53. The Hall–Kier alpha value is -1.90. The van der Waals surface area contributed by atoms with Crippen molar-refractivity contribution in [1.82, 2.24) is 0 Å². The zero-order valence-electron chi connectivity index (χ0n) is 51.2. The van der Waals surface area contributed by atoms with Crippen LogP contribution in [0.4, 0.5) is 34.1 Å². The van der Waals surface area contributed by atoms with E-state index in [1.165, 1.54) is 45.8 Å². The van der Waals surface area contributed by atoms with Crippen molar-refractivity contribution in [3.8, 4) is 34.5 Å². The summed E-state index contributed by atoms with van der Waals surface area (Å²) in [5, 5.41) is 0. The molecule has 0 aliphatic carbocycles. The van der Waals surface area contributed by atoms with Crippen LogP contribution in [0, 0.1) is 0 Å². The molecule has 24 heteroatoms. The van der Waals surface area contributed by atoms with Crippen LogP contribution in [0.25, 0.3) is 8.47 Å². The van der Waals surface area contributed by atoms with E-state index in [0.29, 0.717) is 0 Å². The Morgan fingerprint density at radius 3 is 0.667 bits per heavy atom. The summed E-state index contributed by atoms with van der Waals surface area (Å²) in [7, 11) is 27.5. The van der Waals surface area contributed by atoms with E-state index < -0.39 is 30.7 Å². The van der Waals surface area contributed by atoms with Crippen LogP contribution in [0.5, 0.6) is 34.5 Å². The predicted octanol–water partition coefficient (Wildman–Crippen LogP) is -18.4. The molecule has 0 atom stereocenters. The van der Waals surface area contributed by atoms with Crippen LogP contribution in [-0.4, -0.2) is 156 Å². The van der Waals surface area contributed by atoms with Gasteiger partial charge in [-0.05, 0) is 0 Å². The molecule has 0 aromatic heterocycles. The summed E-state index contributed by atoms with van der Waals surface area (Å²) < 4.78 is 52.1. The number of benzene rings is 6. The molecule has 0 saturated heterocycles. The van der Waals surface area contributed by atoms with Crippen LogP contribution in [0.2, 0.25) is 0 Å². The second-order valence-corrected chi connectivity index (χ2v) is 23.8. The molecule has 0 bridgehead atoms. The van der Waals surface area contributed by atoms with E-state index >= 15 is 0 Å². The second-order valence-electron chi connectivity index (χ2n) is 17.6. The maximum Gasteiger partial charge on any atom is 1.00 e. The van der Waals surface area contributed by atoms with Gasteiger partial charge in [-0.1, -0.05) is 0 Å². The van der Waals surface area contributed by atoms with Gasteiger partial charge in [0.1, 0.15) is 26.2 Å². The Kier molecular flexibility index (Phi) is 51.5. The number of methoxy groups -OCH3 is 6. The van der Waals surface area contributed by atoms with Crippen molar-refractivity contribution in [2.45, 2.75) is 0 Å². The van der Waals surface area contributed by atoms with Crippen molar-refractivity contribution < 1.29 is 178 Å². The number of quaternary nitrogens is 8. The van der Waals surface area contributed by atoms with Crippen LogP contribution >= 0.6 is 0 Å². The minimum Gasteiger partial charge on any atom is -0.335 e. The van der Waals surface area contributed by atoms with Crippen LogP contribution < -0.4 is 178 Å². The van der Waals surface area contributed by atoms with Crippen molar-refractivity contribution in [3.05, 3.63) is 154 Å². The van der Waals surface area contributed by atoms with Crippen LogP contribution in [0.3, 0.4) is 0 Å². The summed E-state index contributed by atoms with van der Waals surface area (Å²) in [4.78, 5) is 6.13. The van der Waals surface area contributed by atoms with Gasteiger partial charge in [-0.25, -0.2) is 0 Å². The maximum atomic E-state index is 5.52. The summed E-state index contributed by atoms with van der Waals surface area (Å²) in [6, 6.07) is 47.6. The van der Waals surface area contributed by atoms with E-state index in [2.05, 4.69) is 73.3 Å². The summed E-state index contributed by atoms with van der Waals surface area (Å²) in [6.07, 6.45) is 0. The molecule has 0 amide bonds. The minimum absolute atomic E-state index is 0. The number of nitrogens with two attached hydrogens (primary N) is 4. The third-order valence-electron chi connectivity index (χ3n) is 10.5. The van der Waals surface area contributed by atoms with Gasteiger partial charge in [0.2, 0.25) is 0 Å². The molecular weight excluding hydrogens is 1080 g/mol. The number of hydrogen-bond donors (Lipinski definition) is 8. The molecule has 0 radical (unpaired) electrons. The van der Waals surface area contributed by atoms with Gasteiger partial charge in [-0.2, -0.15) is 0 Å². The van der Waals surface area contributed by atoms with E-state index in [1.807, 2.05) is 146 Å². The molecule has 0 heterocycles. The molecule has 6 aromatic carbocycles. The van der Waals surface area contributed by atoms with Gasteiger partial charge in [-0.15, -0.1) is 0 Å². The Bertz CT molecular complexity index is 2010. The summed E-state index contributed by atoms with van der Waals surface area (Å²) in [5.74, 6) is 4.89. The number of hydrogen-bond acceptors (Lipinski definition) is 6. The zero-order valence-corrected chi connectivity index (χ0v) is 55.0. The van der Waals surface area contributed by atoms with Gasteiger partial charge in [0.15, 0.2) is 0 Å². The fraction of sp³-hybridized carbons (Fsp3) is 0.333. The van der Waals surface area contributed by atoms with Crippen molar-refractivity contribution >= 4 is 64.8 Å². The third-order valence-corrected chi connectivity index (χ3v) is 16.9. The Morgan fingerprint density at radius 1 is 0.295 bits per heavy atom. The molecule has 6 aromatic rings. The standard InChI is InChI=1S/2C21H23AsN3O3.2C6H16N2.6Li/c2*1-26-19-13-7-4-10-16(19)23-22(24-17-11-5-8-14-20(17)27-2)25-18-12-6-9-15-21(18)28-3;2*1-7(2)5-6-8(3)4;;;;;;/h2*4-15,23-24H,1-3H3;2*5-6H2,1-4H3;;;;;;/q2*-1;;;6*+1/p+8. The van der Waals surface area contributed by atoms with Gasteiger partial charge in [0, 0.05) is 0 Å². The molecule has 78 heavy (non-hydrogen) atoms. The third kappa shape index (κ3) is 32.7. The zero-order chi connectivity index (χ0) is 52.7. The number of nitrogens with zero attached hydrogens (tertiary/aromatic N) is 2. The SMILES string of the molecule is COc1ccccc1[N-][As]([NH2+]c1ccccc1OC)[NH2+]c1ccccc1OC.COc1ccccc1[N-][As]([NH2+]c1ccccc1OC)[NH2+]c1ccccc1OC.C[NH+](C)CC[NH+](C)C.C[NH+](C)CC[NH+](C)C.[Li+].[Li+].[Li+].[Li+].[Li+].[Li+]. The number of ether oxygens (including phenoxy) is 6. The minimum atomic E-state index is -1.99. The monoisotopic (exact) mass is 1160 g/mol. The van der Waals surface area contributed by atoms with E-state index in [0.717, 1.165) is 68.6 Å². The van der Waals surface area contributed by atoms with Gasteiger partial charge >= 0.3 is 455 Å².